The summed E-state index contributed by atoms with van der Waals surface area (Å²) < 4.78 is 0. The van der Waals surface area contributed by atoms with E-state index in [9.17, 15) is 9.90 Å². The van der Waals surface area contributed by atoms with Crippen molar-refractivity contribution in [3.63, 3.8) is 0 Å². The standard InChI is InChI=1S/C14H19NO2/c1-4-5-6-10-15(3)14(17)12-8-7-9-13(16)11(12)2/h4,7-9,16H,1,5-6,10H2,2-3H3. The smallest absolute Gasteiger partial charge is 0.253 e. The largest absolute Gasteiger partial charge is 0.508 e. The maximum Gasteiger partial charge on any atom is 0.253 e. The molecule has 0 aliphatic carbocycles. The fourth-order valence-electron chi connectivity index (χ4n) is 1.64. The van der Waals surface area contributed by atoms with Gasteiger partial charge in [0, 0.05) is 24.7 Å². The lowest BCUT2D eigenvalue weighted by atomic mass is 10.1. The molecule has 0 aliphatic heterocycles. The van der Waals surface area contributed by atoms with Gasteiger partial charge in [-0.3, -0.25) is 4.79 Å². The zero-order chi connectivity index (χ0) is 12.8. The second-order valence-electron chi connectivity index (χ2n) is 4.11. The number of amides is 1. The Morgan fingerprint density at radius 1 is 1.53 bits per heavy atom. The van der Waals surface area contributed by atoms with Gasteiger partial charge in [0.15, 0.2) is 0 Å². The number of carbonyl (C=O) groups excluding carboxylic acids is 1. The number of hydrogen-bond donors (Lipinski definition) is 1. The summed E-state index contributed by atoms with van der Waals surface area (Å²) in [6.07, 6.45) is 3.65. The lowest BCUT2D eigenvalue weighted by molar-refractivity contribution is 0.0792. The van der Waals surface area contributed by atoms with Gasteiger partial charge in [0.25, 0.3) is 5.91 Å². The van der Waals surface area contributed by atoms with Gasteiger partial charge in [0.05, 0.1) is 0 Å². The number of allylic oxidation sites excluding steroid dienone is 1. The van der Waals surface area contributed by atoms with Crippen LogP contribution in [0.15, 0.2) is 30.9 Å². The fourth-order valence-corrected chi connectivity index (χ4v) is 1.64. The molecule has 1 aromatic rings. The van der Waals surface area contributed by atoms with Crippen molar-refractivity contribution < 1.29 is 9.90 Å². The molecule has 0 spiro atoms. The average molecular weight is 233 g/mol. The number of rotatable bonds is 5. The number of carbonyl (C=O) groups is 1. The molecule has 0 saturated heterocycles. The monoisotopic (exact) mass is 233 g/mol. The number of hydrogen-bond acceptors (Lipinski definition) is 2. The maximum absolute atomic E-state index is 12.1. The molecule has 3 nitrogen and oxygen atoms in total. The molecule has 3 heteroatoms. The minimum absolute atomic E-state index is 0.0533. The first-order chi connectivity index (χ1) is 8.07. The summed E-state index contributed by atoms with van der Waals surface area (Å²) in [5.74, 6) is 0.109. The first kappa shape index (κ1) is 13.3. The van der Waals surface area contributed by atoms with Gasteiger partial charge in [-0.2, -0.15) is 0 Å². The highest BCUT2D eigenvalue weighted by Crippen LogP contribution is 2.20. The number of benzene rings is 1. The van der Waals surface area contributed by atoms with Crippen molar-refractivity contribution in [2.75, 3.05) is 13.6 Å². The molecule has 0 bridgehead atoms. The van der Waals surface area contributed by atoms with Crippen LogP contribution in [0.5, 0.6) is 5.75 Å². The Morgan fingerprint density at radius 3 is 2.88 bits per heavy atom. The molecule has 17 heavy (non-hydrogen) atoms. The first-order valence-corrected chi connectivity index (χ1v) is 5.73. The Balaban J connectivity index is 2.75. The summed E-state index contributed by atoms with van der Waals surface area (Å²) in [5.41, 5.74) is 1.19. The Bertz CT molecular complexity index is 413. The van der Waals surface area contributed by atoms with Crippen LogP contribution in [0.4, 0.5) is 0 Å². The van der Waals surface area contributed by atoms with Gasteiger partial charge in [-0.15, -0.1) is 6.58 Å². The average Bonchev–Trinajstić information content (AvgIpc) is 2.32. The Kier molecular flexibility index (Phi) is 4.76. The van der Waals surface area contributed by atoms with Crippen molar-refractivity contribution in [1.82, 2.24) is 4.90 Å². The van der Waals surface area contributed by atoms with Crippen molar-refractivity contribution in [2.45, 2.75) is 19.8 Å². The van der Waals surface area contributed by atoms with Gasteiger partial charge in [0.1, 0.15) is 5.75 Å². The minimum Gasteiger partial charge on any atom is -0.508 e. The highest BCUT2D eigenvalue weighted by atomic mass is 16.3. The van der Waals surface area contributed by atoms with Crippen molar-refractivity contribution in [3.8, 4) is 5.75 Å². The molecular weight excluding hydrogens is 214 g/mol. The van der Waals surface area contributed by atoms with Crippen molar-refractivity contribution in [1.29, 1.82) is 0 Å². The molecule has 92 valence electrons. The van der Waals surface area contributed by atoms with Gasteiger partial charge < -0.3 is 10.0 Å². The zero-order valence-electron chi connectivity index (χ0n) is 10.4. The molecule has 0 fully saturated rings. The van der Waals surface area contributed by atoms with Crippen LogP contribution in [0.1, 0.15) is 28.8 Å². The third-order valence-electron chi connectivity index (χ3n) is 2.78. The molecule has 0 unspecified atom stereocenters. The van der Waals surface area contributed by atoms with Gasteiger partial charge in [-0.25, -0.2) is 0 Å². The molecule has 0 aliphatic rings. The predicted molar refractivity (Wildman–Crippen MR) is 69.2 cm³/mol. The number of aromatic hydroxyl groups is 1. The molecule has 0 saturated carbocycles. The van der Waals surface area contributed by atoms with E-state index in [2.05, 4.69) is 6.58 Å². The fraction of sp³-hybridized carbons (Fsp3) is 0.357. The molecule has 1 aromatic carbocycles. The molecule has 0 atom stereocenters. The van der Waals surface area contributed by atoms with Crippen LogP contribution in [0, 0.1) is 6.92 Å². The van der Waals surface area contributed by atoms with Crippen LogP contribution in [0.2, 0.25) is 0 Å². The van der Waals surface area contributed by atoms with E-state index >= 15 is 0 Å². The lowest BCUT2D eigenvalue weighted by Gasteiger charge is -2.18. The van der Waals surface area contributed by atoms with Crippen LogP contribution in [-0.4, -0.2) is 29.5 Å². The third-order valence-corrected chi connectivity index (χ3v) is 2.78. The summed E-state index contributed by atoms with van der Waals surface area (Å²) >= 11 is 0. The normalized spacial score (nSPS) is 10.0. The van der Waals surface area contributed by atoms with Crippen molar-refractivity contribution >= 4 is 5.91 Å². The Morgan fingerprint density at radius 2 is 2.24 bits per heavy atom. The molecule has 0 radical (unpaired) electrons. The van der Waals surface area contributed by atoms with Crippen LogP contribution in [-0.2, 0) is 0 Å². The van der Waals surface area contributed by atoms with Gasteiger partial charge in [-0.1, -0.05) is 12.1 Å². The first-order valence-electron chi connectivity index (χ1n) is 5.73. The van der Waals surface area contributed by atoms with Crippen LogP contribution in [0.25, 0.3) is 0 Å². The summed E-state index contributed by atoms with van der Waals surface area (Å²) in [6.45, 7) is 6.09. The third kappa shape index (κ3) is 3.34. The van der Waals surface area contributed by atoms with E-state index in [1.807, 2.05) is 6.08 Å². The molecule has 1 rings (SSSR count). The molecule has 1 amide bonds. The Labute approximate surface area is 102 Å². The lowest BCUT2D eigenvalue weighted by Crippen LogP contribution is -2.28. The number of nitrogens with zero attached hydrogens (tertiary/aromatic N) is 1. The highest BCUT2D eigenvalue weighted by molar-refractivity contribution is 5.96. The van der Waals surface area contributed by atoms with Gasteiger partial charge in [0.2, 0.25) is 0 Å². The van der Waals surface area contributed by atoms with Crippen LogP contribution in [0.3, 0.4) is 0 Å². The maximum atomic E-state index is 12.1. The van der Waals surface area contributed by atoms with Gasteiger partial charge >= 0.3 is 0 Å². The Hall–Kier alpha value is -1.77. The van der Waals surface area contributed by atoms with E-state index in [1.165, 1.54) is 0 Å². The second kappa shape index (κ2) is 6.09. The van der Waals surface area contributed by atoms with Crippen molar-refractivity contribution in [2.24, 2.45) is 0 Å². The van der Waals surface area contributed by atoms with E-state index < -0.39 is 0 Å². The van der Waals surface area contributed by atoms with Crippen molar-refractivity contribution in [3.05, 3.63) is 42.0 Å². The molecule has 0 aromatic heterocycles. The summed E-state index contributed by atoms with van der Waals surface area (Å²) in [4.78, 5) is 13.8. The van der Waals surface area contributed by atoms with E-state index in [0.29, 0.717) is 17.7 Å². The molecule has 1 N–H and O–H groups in total. The minimum atomic E-state index is -0.0533. The number of phenolic OH excluding ortho intramolecular Hbond substituents is 1. The SMILES string of the molecule is C=CCCCN(C)C(=O)c1cccc(O)c1C. The zero-order valence-corrected chi connectivity index (χ0v) is 10.4. The van der Waals surface area contributed by atoms with E-state index in [0.717, 1.165) is 12.8 Å². The quantitative estimate of drug-likeness (QED) is 0.627. The number of unbranched alkanes of at least 4 members (excludes halogenated alkanes) is 1. The van der Waals surface area contributed by atoms with Crippen LogP contribution >= 0.6 is 0 Å². The number of phenols is 1. The summed E-state index contributed by atoms with van der Waals surface area (Å²) in [6, 6.07) is 5.01. The summed E-state index contributed by atoms with van der Waals surface area (Å²) in [5, 5.41) is 9.56. The van der Waals surface area contributed by atoms with E-state index in [-0.39, 0.29) is 11.7 Å². The van der Waals surface area contributed by atoms with Crippen LogP contribution < -0.4 is 0 Å². The highest BCUT2D eigenvalue weighted by Gasteiger charge is 2.14. The predicted octanol–water partition coefficient (Wildman–Crippen LogP) is 2.74. The molecule has 0 heterocycles. The molecular formula is C14H19NO2. The summed E-state index contributed by atoms with van der Waals surface area (Å²) in [7, 11) is 1.77. The van der Waals surface area contributed by atoms with E-state index in [1.54, 1.807) is 37.1 Å². The topological polar surface area (TPSA) is 40.5 Å². The second-order valence-corrected chi connectivity index (χ2v) is 4.11. The van der Waals surface area contributed by atoms with E-state index in [4.69, 9.17) is 0 Å². The van der Waals surface area contributed by atoms with Gasteiger partial charge in [-0.05, 0) is 31.9 Å².